The smallest absolute Gasteiger partial charge is 0.163 e. The molecule has 92 valence electrons. The Morgan fingerprint density at radius 2 is 2.12 bits per heavy atom. The monoisotopic (exact) mass is 232 g/mol. The molecule has 0 N–H and O–H groups in total. The number of aryl methyl sites for hydroxylation is 2. The first kappa shape index (κ1) is 12.2. The molecule has 0 amide bonds. The van der Waals surface area contributed by atoms with Gasteiger partial charge in [-0.1, -0.05) is 13.3 Å². The minimum Gasteiger partial charge on any atom is -0.494 e. The number of Topliss-reactive ketones (excluding diaryl/α,β-unsaturated/α-hetero) is 1. The molecule has 1 aliphatic rings. The van der Waals surface area contributed by atoms with Crippen molar-refractivity contribution < 1.29 is 9.53 Å². The molecule has 0 fully saturated rings. The van der Waals surface area contributed by atoms with Crippen LogP contribution in [0.2, 0.25) is 0 Å². The summed E-state index contributed by atoms with van der Waals surface area (Å²) >= 11 is 0. The second-order valence-electron chi connectivity index (χ2n) is 4.75. The Bertz CT molecular complexity index is 421. The van der Waals surface area contributed by atoms with Crippen LogP contribution < -0.4 is 4.74 Å². The van der Waals surface area contributed by atoms with Gasteiger partial charge >= 0.3 is 0 Å². The van der Waals surface area contributed by atoms with Crippen LogP contribution in [0, 0.1) is 6.92 Å². The van der Waals surface area contributed by atoms with E-state index in [1.54, 1.807) is 0 Å². The average molecular weight is 232 g/mol. The molecule has 0 aliphatic heterocycles. The molecular weight excluding hydrogens is 212 g/mol. The number of fused-ring (bicyclic) bond motifs is 1. The van der Waals surface area contributed by atoms with Crippen molar-refractivity contribution in [2.75, 3.05) is 6.61 Å². The van der Waals surface area contributed by atoms with Crippen LogP contribution in [-0.4, -0.2) is 12.4 Å². The lowest BCUT2D eigenvalue weighted by Gasteiger charge is -2.18. The number of rotatable bonds is 4. The topological polar surface area (TPSA) is 26.3 Å². The fraction of sp³-hybridized carbons (Fsp3) is 0.533. The molecule has 2 rings (SSSR count). The molecule has 0 aromatic heterocycles. The molecule has 0 radical (unpaired) electrons. The van der Waals surface area contributed by atoms with Crippen LogP contribution in [0.1, 0.15) is 54.1 Å². The highest BCUT2D eigenvalue weighted by molar-refractivity contribution is 6.00. The summed E-state index contributed by atoms with van der Waals surface area (Å²) in [5, 5.41) is 0. The van der Waals surface area contributed by atoms with Crippen molar-refractivity contribution in [3.8, 4) is 5.75 Å². The van der Waals surface area contributed by atoms with Gasteiger partial charge in [-0.25, -0.2) is 0 Å². The van der Waals surface area contributed by atoms with Gasteiger partial charge in [-0.3, -0.25) is 4.79 Å². The van der Waals surface area contributed by atoms with Crippen LogP contribution >= 0.6 is 0 Å². The summed E-state index contributed by atoms with van der Waals surface area (Å²) in [5.74, 6) is 1.22. The van der Waals surface area contributed by atoms with Crippen molar-refractivity contribution in [3.63, 3.8) is 0 Å². The van der Waals surface area contributed by atoms with Crippen LogP contribution in [0.5, 0.6) is 5.75 Å². The highest BCUT2D eigenvalue weighted by Crippen LogP contribution is 2.28. The van der Waals surface area contributed by atoms with E-state index >= 15 is 0 Å². The molecule has 2 heteroatoms. The van der Waals surface area contributed by atoms with Crippen molar-refractivity contribution in [3.05, 3.63) is 28.8 Å². The second kappa shape index (κ2) is 5.35. The zero-order valence-electron chi connectivity index (χ0n) is 10.7. The summed E-state index contributed by atoms with van der Waals surface area (Å²) in [6, 6.07) is 4.05. The Hall–Kier alpha value is -1.31. The van der Waals surface area contributed by atoms with E-state index in [1.807, 2.05) is 13.0 Å². The Labute approximate surface area is 103 Å². The number of hydrogen-bond acceptors (Lipinski definition) is 2. The number of hydrogen-bond donors (Lipinski definition) is 0. The molecule has 0 saturated carbocycles. The van der Waals surface area contributed by atoms with E-state index in [-0.39, 0.29) is 0 Å². The Balaban J connectivity index is 2.21. The Kier molecular flexibility index (Phi) is 3.82. The van der Waals surface area contributed by atoms with E-state index in [4.69, 9.17) is 4.74 Å². The van der Waals surface area contributed by atoms with Crippen molar-refractivity contribution in [1.82, 2.24) is 0 Å². The van der Waals surface area contributed by atoms with Crippen molar-refractivity contribution in [2.45, 2.75) is 46.0 Å². The molecule has 1 aromatic carbocycles. The molecule has 1 aliphatic carbocycles. The normalized spacial score (nSPS) is 14.6. The first-order chi connectivity index (χ1) is 8.22. The maximum absolute atomic E-state index is 11.8. The van der Waals surface area contributed by atoms with E-state index in [9.17, 15) is 4.79 Å². The van der Waals surface area contributed by atoms with Crippen LogP contribution in [0.15, 0.2) is 12.1 Å². The summed E-state index contributed by atoms with van der Waals surface area (Å²) in [4.78, 5) is 11.8. The van der Waals surface area contributed by atoms with Gasteiger partial charge in [-0.2, -0.15) is 0 Å². The molecule has 0 bridgehead atoms. The fourth-order valence-electron chi connectivity index (χ4n) is 2.40. The third kappa shape index (κ3) is 2.68. The molecule has 0 unspecified atom stereocenters. The van der Waals surface area contributed by atoms with E-state index in [2.05, 4.69) is 13.0 Å². The van der Waals surface area contributed by atoms with Crippen molar-refractivity contribution >= 4 is 5.78 Å². The number of carbonyl (C=O) groups is 1. The van der Waals surface area contributed by atoms with Crippen molar-refractivity contribution in [2.24, 2.45) is 0 Å². The average Bonchev–Trinajstić information content (AvgIpc) is 2.29. The SMILES string of the molecule is CCCCOc1cc(C)c2c(c1)CCCC2=O. The highest BCUT2D eigenvalue weighted by atomic mass is 16.5. The van der Waals surface area contributed by atoms with Crippen LogP contribution in [0.25, 0.3) is 0 Å². The van der Waals surface area contributed by atoms with Crippen LogP contribution in [0.3, 0.4) is 0 Å². The van der Waals surface area contributed by atoms with Gasteiger partial charge in [-0.15, -0.1) is 0 Å². The minimum absolute atomic E-state index is 0.295. The summed E-state index contributed by atoms with van der Waals surface area (Å²) in [6.45, 7) is 4.93. The van der Waals surface area contributed by atoms with Crippen molar-refractivity contribution in [1.29, 1.82) is 0 Å². The second-order valence-corrected chi connectivity index (χ2v) is 4.75. The maximum atomic E-state index is 11.8. The zero-order chi connectivity index (χ0) is 12.3. The zero-order valence-corrected chi connectivity index (χ0v) is 10.7. The third-order valence-electron chi connectivity index (χ3n) is 3.29. The molecule has 2 nitrogen and oxygen atoms in total. The molecule has 1 aromatic rings. The van der Waals surface area contributed by atoms with E-state index in [1.165, 1.54) is 5.56 Å². The van der Waals surface area contributed by atoms with Gasteiger partial charge in [0.2, 0.25) is 0 Å². The van der Waals surface area contributed by atoms with Gasteiger partial charge in [0.1, 0.15) is 5.75 Å². The highest BCUT2D eigenvalue weighted by Gasteiger charge is 2.20. The number of ketones is 1. The minimum atomic E-state index is 0.295. The number of ether oxygens (including phenoxy) is 1. The van der Waals surface area contributed by atoms with Crippen LogP contribution in [-0.2, 0) is 6.42 Å². The lowest BCUT2D eigenvalue weighted by atomic mass is 9.87. The molecule has 17 heavy (non-hydrogen) atoms. The third-order valence-corrected chi connectivity index (χ3v) is 3.29. The first-order valence-corrected chi connectivity index (χ1v) is 6.52. The van der Waals surface area contributed by atoms with Gasteiger partial charge in [0.15, 0.2) is 5.78 Å². The van der Waals surface area contributed by atoms with E-state index in [0.29, 0.717) is 12.2 Å². The van der Waals surface area contributed by atoms with Crippen LogP contribution in [0.4, 0.5) is 0 Å². The molecular formula is C15H20O2. The summed E-state index contributed by atoms with van der Waals surface area (Å²) in [7, 11) is 0. The molecule has 0 saturated heterocycles. The number of carbonyl (C=O) groups excluding carboxylic acids is 1. The number of unbranched alkanes of at least 4 members (excludes halogenated alkanes) is 1. The standard InChI is InChI=1S/C15H20O2/c1-3-4-8-17-13-9-11(2)15-12(10-13)6-5-7-14(15)16/h9-10H,3-8H2,1-2H3. The summed E-state index contributed by atoms with van der Waals surface area (Å²) in [5.41, 5.74) is 3.19. The van der Waals surface area contributed by atoms with E-state index in [0.717, 1.165) is 49.2 Å². The summed E-state index contributed by atoms with van der Waals surface area (Å²) in [6.07, 6.45) is 4.90. The van der Waals surface area contributed by atoms with Gasteiger partial charge in [0, 0.05) is 12.0 Å². The van der Waals surface area contributed by atoms with Gasteiger partial charge in [0.05, 0.1) is 6.61 Å². The summed E-state index contributed by atoms with van der Waals surface area (Å²) < 4.78 is 5.72. The molecule has 0 atom stereocenters. The predicted molar refractivity (Wildman–Crippen MR) is 68.9 cm³/mol. The predicted octanol–water partition coefficient (Wildman–Crippen LogP) is 3.69. The lowest BCUT2D eigenvalue weighted by Crippen LogP contribution is -2.13. The Morgan fingerprint density at radius 3 is 2.88 bits per heavy atom. The van der Waals surface area contributed by atoms with Gasteiger partial charge in [-0.05, 0) is 49.4 Å². The molecule has 0 spiro atoms. The molecule has 0 heterocycles. The fourth-order valence-corrected chi connectivity index (χ4v) is 2.40. The Morgan fingerprint density at radius 1 is 1.29 bits per heavy atom. The quantitative estimate of drug-likeness (QED) is 0.740. The van der Waals surface area contributed by atoms with E-state index < -0.39 is 0 Å². The van der Waals surface area contributed by atoms with Gasteiger partial charge < -0.3 is 4.74 Å². The lowest BCUT2D eigenvalue weighted by molar-refractivity contribution is 0.0972. The first-order valence-electron chi connectivity index (χ1n) is 6.52. The number of benzene rings is 1. The van der Waals surface area contributed by atoms with Gasteiger partial charge in [0.25, 0.3) is 0 Å². The maximum Gasteiger partial charge on any atom is 0.163 e. The largest absolute Gasteiger partial charge is 0.494 e.